The summed E-state index contributed by atoms with van der Waals surface area (Å²) in [5.41, 5.74) is 1.35. The molecule has 1 aromatic rings. The Morgan fingerprint density at radius 1 is 1.62 bits per heavy atom. The van der Waals surface area contributed by atoms with Gasteiger partial charge in [0.05, 0.1) is 0 Å². The summed E-state index contributed by atoms with van der Waals surface area (Å²) in [6.45, 7) is 8.85. The number of nitrogens with one attached hydrogen (secondary N) is 1. The lowest BCUT2D eigenvalue weighted by Gasteiger charge is -1.99. The number of nitrogens with zero attached hydrogens (tertiary/aromatic N) is 1. The van der Waals surface area contributed by atoms with Gasteiger partial charge in [0.15, 0.2) is 0 Å². The van der Waals surface area contributed by atoms with E-state index in [4.69, 9.17) is 0 Å². The molecular weight excluding hydrogens is 160 g/mol. The fourth-order valence-corrected chi connectivity index (χ4v) is 1.23. The van der Waals surface area contributed by atoms with Crippen LogP contribution in [0.4, 0.5) is 0 Å². The molecular formula is C11H18N2. The minimum atomic E-state index is 0.959. The van der Waals surface area contributed by atoms with Gasteiger partial charge in [-0.2, -0.15) is 0 Å². The van der Waals surface area contributed by atoms with E-state index in [0.29, 0.717) is 0 Å². The average Bonchev–Trinajstić information content (AvgIpc) is 2.60. The molecule has 0 saturated heterocycles. The maximum atomic E-state index is 3.68. The van der Waals surface area contributed by atoms with E-state index in [9.17, 15) is 0 Å². The second-order valence-corrected chi connectivity index (χ2v) is 3.10. The highest BCUT2D eigenvalue weighted by Gasteiger charge is 1.93. The van der Waals surface area contributed by atoms with E-state index < -0.39 is 0 Å². The predicted octanol–water partition coefficient (Wildman–Crippen LogP) is 2.17. The summed E-state index contributed by atoms with van der Waals surface area (Å²) in [6.07, 6.45) is 7.27. The van der Waals surface area contributed by atoms with Crippen LogP contribution in [0, 0.1) is 0 Å². The second-order valence-electron chi connectivity index (χ2n) is 3.10. The highest BCUT2D eigenvalue weighted by Crippen LogP contribution is 2.00. The van der Waals surface area contributed by atoms with Crippen LogP contribution in [-0.2, 0) is 13.1 Å². The van der Waals surface area contributed by atoms with Gasteiger partial charge < -0.3 is 9.88 Å². The maximum Gasteiger partial charge on any atom is 0.0220 e. The molecule has 0 unspecified atom stereocenters. The molecule has 1 aromatic heterocycles. The van der Waals surface area contributed by atoms with E-state index >= 15 is 0 Å². The molecule has 0 amide bonds. The van der Waals surface area contributed by atoms with Crippen LogP contribution in [0.5, 0.6) is 0 Å². The van der Waals surface area contributed by atoms with E-state index in [1.807, 2.05) is 6.08 Å². The Morgan fingerprint density at radius 2 is 2.46 bits per heavy atom. The van der Waals surface area contributed by atoms with Crippen LogP contribution in [0.1, 0.15) is 18.9 Å². The Labute approximate surface area is 80.3 Å². The summed E-state index contributed by atoms with van der Waals surface area (Å²) in [5, 5.41) is 3.36. The van der Waals surface area contributed by atoms with Crippen molar-refractivity contribution in [2.24, 2.45) is 0 Å². The van der Waals surface area contributed by atoms with Crippen LogP contribution in [0.2, 0.25) is 0 Å². The van der Waals surface area contributed by atoms with Gasteiger partial charge in [-0.25, -0.2) is 0 Å². The van der Waals surface area contributed by atoms with Crippen molar-refractivity contribution >= 4 is 0 Å². The first kappa shape index (κ1) is 10.1. The predicted molar refractivity (Wildman–Crippen MR) is 56.6 cm³/mol. The zero-order valence-corrected chi connectivity index (χ0v) is 8.29. The molecule has 0 aliphatic rings. The van der Waals surface area contributed by atoms with Gasteiger partial charge in [0.1, 0.15) is 0 Å². The lowest BCUT2D eigenvalue weighted by atomic mass is 10.3. The number of hydrogen-bond acceptors (Lipinski definition) is 1. The molecule has 1 heterocycles. The van der Waals surface area contributed by atoms with Crippen molar-refractivity contribution < 1.29 is 0 Å². The van der Waals surface area contributed by atoms with Crippen molar-refractivity contribution in [1.82, 2.24) is 9.88 Å². The second kappa shape index (κ2) is 5.60. The minimum absolute atomic E-state index is 0.959. The summed E-state index contributed by atoms with van der Waals surface area (Å²) >= 11 is 0. The smallest absolute Gasteiger partial charge is 0.0220 e. The number of hydrogen-bond donors (Lipinski definition) is 1. The van der Waals surface area contributed by atoms with Gasteiger partial charge in [0.25, 0.3) is 0 Å². The lowest BCUT2D eigenvalue weighted by Crippen LogP contribution is -2.13. The summed E-state index contributed by atoms with van der Waals surface area (Å²) in [6, 6.07) is 2.16. The molecule has 1 N–H and O–H groups in total. The largest absolute Gasteiger partial charge is 0.354 e. The van der Waals surface area contributed by atoms with E-state index in [-0.39, 0.29) is 0 Å². The molecule has 13 heavy (non-hydrogen) atoms. The Balaban J connectivity index is 2.24. The topological polar surface area (TPSA) is 17.0 Å². The summed E-state index contributed by atoms with van der Waals surface area (Å²) in [4.78, 5) is 0. The standard InChI is InChI=1S/C11H18N2/c1-3-5-7-12-9-11-6-8-13(4-2)10-11/h3,6,8,10,12H,1,4-5,7,9H2,2H3. The van der Waals surface area contributed by atoms with Crippen molar-refractivity contribution in [2.75, 3.05) is 6.54 Å². The van der Waals surface area contributed by atoms with Crippen LogP contribution < -0.4 is 5.32 Å². The lowest BCUT2D eigenvalue weighted by molar-refractivity contribution is 0.691. The summed E-state index contributed by atoms with van der Waals surface area (Å²) in [5.74, 6) is 0. The fraction of sp³-hybridized carbons (Fsp3) is 0.455. The molecule has 0 saturated carbocycles. The number of aromatic nitrogens is 1. The third-order valence-corrected chi connectivity index (χ3v) is 2.03. The van der Waals surface area contributed by atoms with Crippen LogP contribution in [0.3, 0.4) is 0 Å². The molecule has 0 aliphatic heterocycles. The first-order valence-corrected chi connectivity index (χ1v) is 4.83. The van der Waals surface area contributed by atoms with Crippen molar-refractivity contribution in [1.29, 1.82) is 0 Å². The van der Waals surface area contributed by atoms with Crippen LogP contribution in [0.15, 0.2) is 31.1 Å². The van der Waals surface area contributed by atoms with Crippen LogP contribution in [0.25, 0.3) is 0 Å². The van der Waals surface area contributed by atoms with Crippen LogP contribution >= 0.6 is 0 Å². The van der Waals surface area contributed by atoms with E-state index in [1.165, 1.54) is 5.56 Å². The third kappa shape index (κ3) is 3.47. The van der Waals surface area contributed by atoms with Crippen LogP contribution in [-0.4, -0.2) is 11.1 Å². The zero-order valence-electron chi connectivity index (χ0n) is 8.29. The molecule has 0 bridgehead atoms. The Bertz CT molecular complexity index is 250. The summed E-state index contributed by atoms with van der Waals surface area (Å²) < 4.78 is 2.19. The molecule has 0 aliphatic carbocycles. The third-order valence-electron chi connectivity index (χ3n) is 2.03. The number of rotatable bonds is 6. The van der Waals surface area contributed by atoms with Crippen molar-refractivity contribution in [3.8, 4) is 0 Å². The fourth-order valence-electron chi connectivity index (χ4n) is 1.23. The zero-order chi connectivity index (χ0) is 9.52. The average molecular weight is 178 g/mol. The highest BCUT2D eigenvalue weighted by molar-refractivity contribution is 5.09. The molecule has 0 aromatic carbocycles. The van der Waals surface area contributed by atoms with E-state index in [2.05, 4.69) is 41.8 Å². The monoisotopic (exact) mass is 178 g/mol. The molecule has 0 atom stereocenters. The van der Waals surface area contributed by atoms with E-state index in [1.54, 1.807) is 0 Å². The molecule has 72 valence electrons. The van der Waals surface area contributed by atoms with Crippen molar-refractivity contribution in [2.45, 2.75) is 26.4 Å². The molecule has 2 heteroatoms. The molecule has 0 radical (unpaired) electrons. The first-order valence-electron chi connectivity index (χ1n) is 4.83. The Hall–Kier alpha value is -1.02. The maximum absolute atomic E-state index is 3.68. The molecule has 0 fully saturated rings. The van der Waals surface area contributed by atoms with Crippen molar-refractivity contribution in [3.63, 3.8) is 0 Å². The quantitative estimate of drug-likeness (QED) is 0.522. The Morgan fingerprint density at radius 3 is 3.08 bits per heavy atom. The van der Waals surface area contributed by atoms with Gasteiger partial charge in [-0.15, -0.1) is 6.58 Å². The van der Waals surface area contributed by atoms with Gasteiger partial charge in [0.2, 0.25) is 0 Å². The molecule has 2 nitrogen and oxygen atoms in total. The van der Waals surface area contributed by atoms with E-state index in [0.717, 1.165) is 26.1 Å². The Kier molecular flexibility index (Phi) is 4.33. The van der Waals surface area contributed by atoms with Gasteiger partial charge in [-0.3, -0.25) is 0 Å². The summed E-state index contributed by atoms with van der Waals surface area (Å²) in [7, 11) is 0. The number of aryl methyl sites for hydroxylation is 1. The first-order chi connectivity index (χ1) is 6.36. The van der Waals surface area contributed by atoms with Gasteiger partial charge >= 0.3 is 0 Å². The van der Waals surface area contributed by atoms with Gasteiger partial charge in [-0.05, 0) is 31.5 Å². The highest BCUT2D eigenvalue weighted by atomic mass is 14.9. The van der Waals surface area contributed by atoms with Gasteiger partial charge in [0, 0.05) is 25.5 Å². The minimum Gasteiger partial charge on any atom is -0.354 e. The molecule has 0 spiro atoms. The molecule has 1 rings (SSSR count). The normalized spacial score (nSPS) is 10.2. The SMILES string of the molecule is C=CCCNCc1ccn(CC)c1. The van der Waals surface area contributed by atoms with Crippen molar-refractivity contribution in [3.05, 3.63) is 36.7 Å². The van der Waals surface area contributed by atoms with Gasteiger partial charge in [-0.1, -0.05) is 6.08 Å².